The van der Waals surface area contributed by atoms with Crippen molar-refractivity contribution in [2.75, 3.05) is 18.0 Å². The summed E-state index contributed by atoms with van der Waals surface area (Å²) in [5.41, 5.74) is 8.77. The topological polar surface area (TPSA) is 42.4 Å². The molecule has 1 unspecified atom stereocenters. The number of hydrogen-bond acceptors (Lipinski definition) is 3. The Morgan fingerprint density at radius 1 is 1.25 bits per heavy atom. The zero-order valence-electron chi connectivity index (χ0n) is 12.0. The highest BCUT2D eigenvalue weighted by atomic mass is 16.3. The Balaban J connectivity index is 1.94. The summed E-state index contributed by atoms with van der Waals surface area (Å²) in [6, 6.07) is 12.9. The Kier molecular flexibility index (Phi) is 3.79. The summed E-state index contributed by atoms with van der Waals surface area (Å²) in [6.45, 7) is 3.72. The van der Waals surface area contributed by atoms with Crippen molar-refractivity contribution in [3.8, 4) is 0 Å². The van der Waals surface area contributed by atoms with Gasteiger partial charge in [0.1, 0.15) is 11.5 Å². The number of anilines is 1. The Hall–Kier alpha value is -1.74. The quantitative estimate of drug-likeness (QED) is 0.927. The van der Waals surface area contributed by atoms with E-state index in [0.29, 0.717) is 6.54 Å². The van der Waals surface area contributed by atoms with Gasteiger partial charge in [0.25, 0.3) is 0 Å². The van der Waals surface area contributed by atoms with E-state index in [1.54, 1.807) is 0 Å². The second-order valence-electron chi connectivity index (χ2n) is 5.33. The van der Waals surface area contributed by atoms with Crippen LogP contribution in [0.3, 0.4) is 0 Å². The van der Waals surface area contributed by atoms with Gasteiger partial charge in [0.15, 0.2) is 0 Å². The first-order valence-electron chi connectivity index (χ1n) is 7.46. The van der Waals surface area contributed by atoms with Crippen LogP contribution in [-0.2, 0) is 12.8 Å². The highest BCUT2D eigenvalue weighted by Crippen LogP contribution is 2.34. The third kappa shape index (κ3) is 2.34. The molecule has 2 heterocycles. The van der Waals surface area contributed by atoms with Crippen molar-refractivity contribution < 1.29 is 4.42 Å². The van der Waals surface area contributed by atoms with Gasteiger partial charge in [-0.25, -0.2) is 0 Å². The summed E-state index contributed by atoms with van der Waals surface area (Å²) in [7, 11) is 0. The fourth-order valence-electron chi connectivity index (χ4n) is 3.05. The summed E-state index contributed by atoms with van der Waals surface area (Å²) in [5, 5.41) is 0. The Bertz CT molecular complexity index is 576. The molecular weight excluding hydrogens is 248 g/mol. The molecule has 0 saturated heterocycles. The summed E-state index contributed by atoms with van der Waals surface area (Å²) in [6.07, 6.45) is 3.26. The lowest BCUT2D eigenvalue weighted by Gasteiger charge is -2.36. The van der Waals surface area contributed by atoms with Crippen LogP contribution in [0.5, 0.6) is 0 Å². The van der Waals surface area contributed by atoms with Gasteiger partial charge in [-0.1, -0.05) is 25.1 Å². The van der Waals surface area contributed by atoms with Crippen LogP contribution in [0.15, 0.2) is 40.8 Å². The standard InChI is InChI=1S/C17H22N2O/c1-2-14-9-10-17(20-14)16(12-18)19-11-5-7-13-6-3-4-8-15(13)19/h3-4,6,8-10,16H,2,5,7,11-12,18H2,1H3. The third-order valence-electron chi connectivity index (χ3n) is 4.10. The number of furan rings is 1. The molecule has 1 aromatic carbocycles. The summed E-state index contributed by atoms with van der Waals surface area (Å²) in [5.74, 6) is 2.02. The lowest BCUT2D eigenvalue weighted by Crippen LogP contribution is -2.37. The molecule has 0 radical (unpaired) electrons. The fraction of sp³-hybridized carbons (Fsp3) is 0.412. The van der Waals surface area contributed by atoms with Crippen molar-refractivity contribution >= 4 is 5.69 Å². The average molecular weight is 270 g/mol. The predicted octanol–water partition coefficient (Wildman–Crippen LogP) is 3.29. The van der Waals surface area contributed by atoms with E-state index in [9.17, 15) is 0 Å². The van der Waals surface area contributed by atoms with Crippen molar-refractivity contribution in [2.24, 2.45) is 5.73 Å². The Labute approximate surface area is 120 Å². The first-order valence-corrected chi connectivity index (χ1v) is 7.46. The maximum atomic E-state index is 6.04. The van der Waals surface area contributed by atoms with E-state index in [1.165, 1.54) is 17.7 Å². The molecule has 2 N–H and O–H groups in total. The zero-order valence-corrected chi connectivity index (χ0v) is 12.0. The van der Waals surface area contributed by atoms with Crippen LogP contribution in [0.1, 0.15) is 36.5 Å². The summed E-state index contributed by atoms with van der Waals surface area (Å²) < 4.78 is 5.93. The average Bonchev–Trinajstić information content (AvgIpc) is 2.97. The molecule has 1 atom stereocenters. The van der Waals surface area contributed by atoms with Gasteiger partial charge >= 0.3 is 0 Å². The molecule has 1 aliphatic rings. The van der Waals surface area contributed by atoms with E-state index < -0.39 is 0 Å². The molecule has 2 aromatic rings. The number of aryl methyl sites for hydroxylation is 2. The monoisotopic (exact) mass is 270 g/mol. The minimum atomic E-state index is 0.136. The van der Waals surface area contributed by atoms with Gasteiger partial charge in [-0.15, -0.1) is 0 Å². The molecule has 0 bridgehead atoms. The molecular formula is C17H22N2O. The first kappa shape index (κ1) is 13.3. The summed E-state index contributed by atoms with van der Waals surface area (Å²) >= 11 is 0. The minimum Gasteiger partial charge on any atom is -0.464 e. The van der Waals surface area contributed by atoms with Crippen LogP contribution in [-0.4, -0.2) is 13.1 Å². The molecule has 0 aliphatic carbocycles. The molecule has 1 aromatic heterocycles. The van der Waals surface area contributed by atoms with Crippen LogP contribution in [0.2, 0.25) is 0 Å². The lowest BCUT2D eigenvalue weighted by molar-refractivity contribution is 0.420. The second kappa shape index (κ2) is 5.71. The predicted molar refractivity (Wildman–Crippen MR) is 82.0 cm³/mol. The number of hydrogen-bond donors (Lipinski definition) is 1. The number of rotatable bonds is 4. The van der Waals surface area contributed by atoms with Crippen LogP contribution < -0.4 is 10.6 Å². The first-order chi connectivity index (χ1) is 9.83. The van der Waals surface area contributed by atoms with E-state index in [0.717, 1.165) is 30.9 Å². The highest BCUT2D eigenvalue weighted by molar-refractivity contribution is 5.56. The molecule has 20 heavy (non-hydrogen) atoms. The molecule has 0 fully saturated rings. The lowest BCUT2D eigenvalue weighted by atomic mass is 9.99. The van der Waals surface area contributed by atoms with E-state index in [1.807, 2.05) is 0 Å². The molecule has 106 valence electrons. The molecule has 3 heteroatoms. The maximum Gasteiger partial charge on any atom is 0.127 e. The van der Waals surface area contributed by atoms with E-state index in [-0.39, 0.29) is 6.04 Å². The van der Waals surface area contributed by atoms with Crippen LogP contribution in [0.4, 0.5) is 5.69 Å². The Morgan fingerprint density at radius 3 is 2.85 bits per heavy atom. The smallest absolute Gasteiger partial charge is 0.127 e. The van der Waals surface area contributed by atoms with E-state index in [2.05, 4.69) is 48.2 Å². The number of nitrogens with two attached hydrogens (primary N) is 1. The van der Waals surface area contributed by atoms with Gasteiger partial charge in [-0.3, -0.25) is 0 Å². The van der Waals surface area contributed by atoms with Gasteiger partial charge in [0.2, 0.25) is 0 Å². The van der Waals surface area contributed by atoms with E-state index >= 15 is 0 Å². The SMILES string of the molecule is CCc1ccc(C(CN)N2CCCc3ccccc32)o1. The largest absolute Gasteiger partial charge is 0.464 e. The van der Waals surface area contributed by atoms with Crippen molar-refractivity contribution in [3.05, 3.63) is 53.5 Å². The molecule has 3 nitrogen and oxygen atoms in total. The second-order valence-corrected chi connectivity index (χ2v) is 5.33. The third-order valence-corrected chi connectivity index (χ3v) is 4.10. The fourth-order valence-corrected chi connectivity index (χ4v) is 3.05. The maximum absolute atomic E-state index is 6.04. The van der Waals surface area contributed by atoms with Gasteiger partial charge in [-0.05, 0) is 36.6 Å². The molecule has 1 aliphatic heterocycles. The number of fused-ring (bicyclic) bond motifs is 1. The van der Waals surface area contributed by atoms with Gasteiger partial charge in [0, 0.05) is 25.2 Å². The molecule has 0 amide bonds. The van der Waals surface area contributed by atoms with Crippen molar-refractivity contribution in [3.63, 3.8) is 0 Å². The number of nitrogens with zero attached hydrogens (tertiary/aromatic N) is 1. The normalized spacial score (nSPS) is 16.0. The summed E-state index contributed by atoms with van der Waals surface area (Å²) in [4.78, 5) is 2.40. The molecule has 0 saturated carbocycles. The van der Waals surface area contributed by atoms with E-state index in [4.69, 9.17) is 10.2 Å². The number of para-hydroxylation sites is 1. The highest BCUT2D eigenvalue weighted by Gasteiger charge is 2.26. The van der Waals surface area contributed by atoms with Crippen LogP contribution in [0.25, 0.3) is 0 Å². The van der Waals surface area contributed by atoms with Crippen LogP contribution in [0, 0.1) is 0 Å². The minimum absolute atomic E-state index is 0.136. The van der Waals surface area contributed by atoms with Gasteiger partial charge in [0.05, 0.1) is 6.04 Å². The number of benzene rings is 1. The Morgan fingerprint density at radius 2 is 2.10 bits per heavy atom. The van der Waals surface area contributed by atoms with Gasteiger partial charge < -0.3 is 15.1 Å². The van der Waals surface area contributed by atoms with Crippen molar-refractivity contribution in [1.29, 1.82) is 0 Å². The zero-order chi connectivity index (χ0) is 13.9. The molecule has 3 rings (SSSR count). The molecule has 0 spiro atoms. The van der Waals surface area contributed by atoms with Crippen molar-refractivity contribution in [1.82, 2.24) is 0 Å². The van der Waals surface area contributed by atoms with Crippen molar-refractivity contribution in [2.45, 2.75) is 32.2 Å². The van der Waals surface area contributed by atoms with Gasteiger partial charge in [-0.2, -0.15) is 0 Å². The van der Waals surface area contributed by atoms with Crippen LogP contribution >= 0.6 is 0 Å².